The molecule has 2 aliphatic rings. The fourth-order valence-corrected chi connectivity index (χ4v) is 3.33. The number of benzene rings is 1. The van der Waals surface area contributed by atoms with Crippen LogP contribution >= 0.6 is 0 Å². The lowest BCUT2D eigenvalue weighted by Gasteiger charge is -2.25. The number of hydrogen-bond donors (Lipinski definition) is 1. The third-order valence-corrected chi connectivity index (χ3v) is 4.86. The van der Waals surface area contributed by atoms with Crippen molar-refractivity contribution in [3.63, 3.8) is 0 Å². The lowest BCUT2D eigenvalue weighted by atomic mass is 9.91. The van der Waals surface area contributed by atoms with Gasteiger partial charge in [0.1, 0.15) is 17.8 Å². The highest BCUT2D eigenvalue weighted by Gasteiger charge is 2.51. The molecule has 3 rings (SSSR count). The number of imide groups is 1. The van der Waals surface area contributed by atoms with Crippen molar-refractivity contribution in [1.82, 2.24) is 15.1 Å². The van der Waals surface area contributed by atoms with Crippen LogP contribution in [0.4, 0.5) is 4.79 Å². The third-order valence-electron chi connectivity index (χ3n) is 4.86. The number of methoxy groups -OCH3 is 1. The van der Waals surface area contributed by atoms with Crippen molar-refractivity contribution in [1.29, 1.82) is 0 Å². The molecule has 7 nitrogen and oxygen atoms in total. The molecule has 1 N–H and O–H groups in total. The first-order valence-corrected chi connectivity index (χ1v) is 8.49. The lowest BCUT2D eigenvalue weighted by molar-refractivity contribution is -0.139. The van der Waals surface area contributed by atoms with Crippen LogP contribution in [0.15, 0.2) is 24.3 Å². The van der Waals surface area contributed by atoms with Crippen LogP contribution in [0.1, 0.15) is 32.3 Å². The summed E-state index contributed by atoms with van der Waals surface area (Å²) in [4.78, 5) is 40.6. The Kier molecular flexibility index (Phi) is 4.41. The molecule has 7 heteroatoms. The molecule has 1 aliphatic heterocycles. The van der Waals surface area contributed by atoms with Crippen LogP contribution < -0.4 is 10.1 Å². The van der Waals surface area contributed by atoms with E-state index in [0.717, 1.165) is 17.7 Å². The van der Waals surface area contributed by atoms with Crippen LogP contribution in [0.5, 0.6) is 5.75 Å². The molecule has 134 valence electrons. The molecule has 0 radical (unpaired) electrons. The summed E-state index contributed by atoms with van der Waals surface area (Å²) in [5.41, 5.74) is -0.680. The molecule has 25 heavy (non-hydrogen) atoms. The molecule has 1 saturated heterocycles. The average Bonchev–Trinajstić information content (AvgIpc) is 3.41. The summed E-state index contributed by atoms with van der Waals surface area (Å²) in [5.74, 6) is -0.125. The standard InChI is InChI=1S/C18H23N3O4/c1-4-20(12-9-10-12)15(22)11-21-16(23)18(2,19-17(21)24)13-7-5-6-8-14(13)25-3/h5-8,12H,4,9-11H2,1-3H3,(H,19,24)/t18-/m0/s1. The molecular weight excluding hydrogens is 322 g/mol. The summed E-state index contributed by atoms with van der Waals surface area (Å²) in [5, 5.41) is 2.71. The van der Waals surface area contributed by atoms with Gasteiger partial charge >= 0.3 is 6.03 Å². The van der Waals surface area contributed by atoms with E-state index in [4.69, 9.17) is 4.74 Å². The van der Waals surface area contributed by atoms with Crippen molar-refractivity contribution in [3.8, 4) is 5.75 Å². The van der Waals surface area contributed by atoms with E-state index >= 15 is 0 Å². The SMILES string of the molecule is CCN(C(=O)CN1C(=O)N[C@@](C)(c2ccccc2OC)C1=O)C1CC1. The topological polar surface area (TPSA) is 79.0 Å². The quantitative estimate of drug-likeness (QED) is 0.792. The highest BCUT2D eigenvalue weighted by molar-refractivity contribution is 6.09. The maximum Gasteiger partial charge on any atom is 0.325 e. The molecule has 1 heterocycles. The van der Waals surface area contributed by atoms with E-state index in [9.17, 15) is 14.4 Å². The lowest BCUT2D eigenvalue weighted by Crippen LogP contribution is -2.45. The first kappa shape index (κ1) is 17.3. The maximum absolute atomic E-state index is 13.0. The Morgan fingerprint density at radius 2 is 2.04 bits per heavy atom. The van der Waals surface area contributed by atoms with Crippen LogP contribution in [0.3, 0.4) is 0 Å². The Balaban J connectivity index is 1.83. The van der Waals surface area contributed by atoms with Crippen molar-refractivity contribution in [2.24, 2.45) is 0 Å². The van der Waals surface area contributed by atoms with Gasteiger partial charge in [0.25, 0.3) is 5.91 Å². The molecule has 1 aromatic carbocycles. The normalized spacial score (nSPS) is 22.8. The van der Waals surface area contributed by atoms with Gasteiger partial charge in [-0.25, -0.2) is 4.79 Å². The Hall–Kier alpha value is -2.57. The van der Waals surface area contributed by atoms with Crippen LogP contribution in [0.2, 0.25) is 0 Å². The number of rotatable bonds is 6. The van der Waals surface area contributed by atoms with Crippen molar-refractivity contribution >= 4 is 17.8 Å². The molecule has 2 fully saturated rings. The van der Waals surface area contributed by atoms with Crippen molar-refractivity contribution in [2.45, 2.75) is 38.3 Å². The predicted molar refractivity (Wildman–Crippen MR) is 91.0 cm³/mol. The van der Waals surface area contributed by atoms with Gasteiger partial charge < -0.3 is 15.0 Å². The van der Waals surface area contributed by atoms with E-state index in [0.29, 0.717) is 17.9 Å². The van der Waals surface area contributed by atoms with Crippen molar-refractivity contribution < 1.29 is 19.1 Å². The van der Waals surface area contributed by atoms with E-state index in [1.807, 2.05) is 6.92 Å². The average molecular weight is 345 g/mol. The van der Waals surface area contributed by atoms with Crippen molar-refractivity contribution in [2.75, 3.05) is 20.2 Å². The fourth-order valence-electron chi connectivity index (χ4n) is 3.33. The van der Waals surface area contributed by atoms with Gasteiger partial charge in [0, 0.05) is 18.2 Å². The maximum atomic E-state index is 13.0. The first-order chi connectivity index (χ1) is 11.9. The molecule has 4 amide bonds. The molecule has 1 atom stereocenters. The molecule has 0 bridgehead atoms. The van der Waals surface area contributed by atoms with Crippen LogP contribution in [-0.2, 0) is 15.1 Å². The predicted octanol–water partition coefficient (Wildman–Crippen LogP) is 1.47. The highest BCUT2D eigenvalue weighted by atomic mass is 16.5. The Labute approximate surface area is 146 Å². The number of amides is 4. The van der Waals surface area contributed by atoms with Gasteiger partial charge in [0.15, 0.2) is 0 Å². The fraction of sp³-hybridized carbons (Fsp3) is 0.500. The van der Waals surface area contributed by atoms with Crippen molar-refractivity contribution in [3.05, 3.63) is 29.8 Å². The molecule has 1 aromatic rings. The summed E-state index contributed by atoms with van der Waals surface area (Å²) >= 11 is 0. The minimum Gasteiger partial charge on any atom is -0.496 e. The molecule has 1 aliphatic carbocycles. The van der Waals surface area contributed by atoms with Crippen LogP contribution in [0, 0.1) is 0 Å². The number of hydrogen-bond acceptors (Lipinski definition) is 4. The molecule has 1 saturated carbocycles. The summed E-state index contributed by atoms with van der Waals surface area (Å²) in [7, 11) is 1.51. The number of ether oxygens (including phenoxy) is 1. The number of urea groups is 1. The molecular formula is C18H23N3O4. The second-order valence-electron chi connectivity index (χ2n) is 6.56. The largest absolute Gasteiger partial charge is 0.496 e. The van der Waals surface area contributed by atoms with Crippen LogP contribution in [0.25, 0.3) is 0 Å². The monoisotopic (exact) mass is 345 g/mol. The second-order valence-corrected chi connectivity index (χ2v) is 6.56. The van der Waals surface area contributed by atoms with Gasteiger partial charge in [0.05, 0.1) is 7.11 Å². The summed E-state index contributed by atoms with van der Waals surface area (Å²) in [6.07, 6.45) is 1.97. The second kappa shape index (κ2) is 6.38. The van der Waals surface area contributed by atoms with E-state index in [-0.39, 0.29) is 18.5 Å². The smallest absolute Gasteiger partial charge is 0.325 e. The number of para-hydroxylation sites is 1. The summed E-state index contributed by atoms with van der Waals surface area (Å²) in [6, 6.07) is 6.74. The van der Waals surface area contributed by atoms with E-state index in [1.165, 1.54) is 7.11 Å². The van der Waals surface area contributed by atoms with Gasteiger partial charge in [-0.05, 0) is 32.8 Å². The number of nitrogens with one attached hydrogen (secondary N) is 1. The van der Waals surface area contributed by atoms with Gasteiger partial charge in [-0.3, -0.25) is 14.5 Å². The zero-order valence-corrected chi connectivity index (χ0v) is 14.7. The summed E-state index contributed by atoms with van der Waals surface area (Å²) in [6.45, 7) is 3.88. The number of nitrogens with zero attached hydrogens (tertiary/aromatic N) is 2. The van der Waals surface area contributed by atoms with E-state index in [2.05, 4.69) is 5.32 Å². The van der Waals surface area contributed by atoms with Gasteiger partial charge in [-0.2, -0.15) is 0 Å². The zero-order valence-electron chi connectivity index (χ0n) is 14.7. The van der Waals surface area contributed by atoms with Crippen LogP contribution in [-0.4, -0.2) is 53.9 Å². The highest BCUT2D eigenvalue weighted by Crippen LogP contribution is 2.35. The number of carbonyl (C=O) groups excluding carboxylic acids is 3. The number of carbonyl (C=O) groups is 3. The minimum atomic E-state index is -1.25. The Morgan fingerprint density at radius 3 is 2.64 bits per heavy atom. The van der Waals surface area contributed by atoms with E-state index < -0.39 is 17.5 Å². The summed E-state index contributed by atoms with van der Waals surface area (Å²) < 4.78 is 5.32. The minimum absolute atomic E-state index is 0.197. The molecule has 0 spiro atoms. The molecule has 0 aromatic heterocycles. The van der Waals surface area contributed by atoms with E-state index in [1.54, 1.807) is 36.1 Å². The Bertz CT molecular complexity index is 716. The molecule has 0 unspecified atom stereocenters. The third kappa shape index (κ3) is 2.94. The van der Waals surface area contributed by atoms with Gasteiger partial charge in [-0.1, -0.05) is 18.2 Å². The van der Waals surface area contributed by atoms with Gasteiger partial charge in [0.2, 0.25) is 5.91 Å². The number of likely N-dealkylation sites (N-methyl/N-ethyl adjacent to an activating group) is 1. The van der Waals surface area contributed by atoms with Gasteiger partial charge in [-0.15, -0.1) is 0 Å². The zero-order chi connectivity index (χ0) is 18.2. The first-order valence-electron chi connectivity index (χ1n) is 8.49. The Morgan fingerprint density at radius 1 is 1.36 bits per heavy atom.